The topological polar surface area (TPSA) is 76.2 Å². The Morgan fingerprint density at radius 1 is 1.35 bits per heavy atom. The summed E-state index contributed by atoms with van der Waals surface area (Å²) < 4.78 is 2.00. The summed E-state index contributed by atoms with van der Waals surface area (Å²) in [7, 11) is 5.83. The number of nitrogens with one attached hydrogen (secondary N) is 1. The molecule has 1 N–H and O–H groups in total. The van der Waals surface area contributed by atoms with Crippen molar-refractivity contribution >= 4 is 17.3 Å². The van der Waals surface area contributed by atoms with Crippen molar-refractivity contribution in [3.05, 3.63) is 46.3 Å². The fourth-order valence-corrected chi connectivity index (χ4v) is 1.91. The van der Waals surface area contributed by atoms with Crippen LogP contribution >= 0.6 is 0 Å². The van der Waals surface area contributed by atoms with Crippen LogP contribution in [0.2, 0.25) is 0 Å². The van der Waals surface area contributed by atoms with Gasteiger partial charge in [0.05, 0.1) is 23.4 Å². The first-order chi connectivity index (χ1) is 9.49. The molecule has 0 fully saturated rings. The first kappa shape index (κ1) is 13.9. The van der Waals surface area contributed by atoms with Gasteiger partial charge in [-0.2, -0.15) is 0 Å². The molecule has 0 atom stereocenters. The molecule has 2 aromatic rings. The smallest absolute Gasteiger partial charge is 0.269 e. The van der Waals surface area contributed by atoms with Crippen LogP contribution in [0.5, 0.6) is 0 Å². The molecule has 20 heavy (non-hydrogen) atoms. The van der Waals surface area contributed by atoms with E-state index in [1.54, 1.807) is 12.1 Å². The Morgan fingerprint density at radius 3 is 2.50 bits per heavy atom. The molecule has 0 unspecified atom stereocenters. The fourth-order valence-electron chi connectivity index (χ4n) is 1.91. The quantitative estimate of drug-likeness (QED) is 0.667. The van der Waals surface area contributed by atoms with Crippen molar-refractivity contribution in [2.75, 3.05) is 24.3 Å². The van der Waals surface area contributed by atoms with Gasteiger partial charge in [-0.05, 0) is 12.1 Å². The maximum atomic E-state index is 10.6. The highest BCUT2D eigenvalue weighted by Gasteiger charge is 2.08. The molecular formula is C13H17N5O2. The molecule has 0 saturated heterocycles. The van der Waals surface area contributed by atoms with Crippen molar-refractivity contribution in [1.29, 1.82) is 0 Å². The Bertz CT molecular complexity index is 604. The summed E-state index contributed by atoms with van der Waals surface area (Å²) in [6.45, 7) is 0.606. The molecule has 106 valence electrons. The molecule has 0 radical (unpaired) electrons. The average molecular weight is 275 g/mol. The molecule has 0 aliphatic heterocycles. The minimum absolute atomic E-state index is 0.0889. The van der Waals surface area contributed by atoms with E-state index in [0.717, 1.165) is 17.3 Å². The fraction of sp³-hybridized carbons (Fsp3) is 0.308. The molecule has 0 spiro atoms. The summed E-state index contributed by atoms with van der Waals surface area (Å²) in [6.07, 6.45) is 1.81. The lowest BCUT2D eigenvalue weighted by molar-refractivity contribution is -0.384. The first-order valence-corrected chi connectivity index (χ1v) is 6.15. The van der Waals surface area contributed by atoms with E-state index in [2.05, 4.69) is 10.3 Å². The van der Waals surface area contributed by atoms with Gasteiger partial charge >= 0.3 is 0 Å². The van der Waals surface area contributed by atoms with E-state index in [9.17, 15) is 10.1 Å². The van der Waals surface area contributed by atoms with Gasteiger partial charge in [0.25, 0.3) is 5.69 Å². The third kappa shape index (κ3) is 2.87. The lowest BCUT2D eigenvalue weighted by atomic mass is 10.3. The molecular weight excluding hydrogens is 258 g/mol. The molecule has 7 heteroatoms. The van der Waals surface area contributed by atoms with Gasteiger partial charge in [0.1, 0.15) is 0 Å². The van der Waals surface area contributed by atoms with Crippen LogP contribution in [0.4, 0.5) is 17.3 Å². The van der Waals surface area contributed by atoms with Gasteiger partial charge in [-0.1, -0.05) is 0 Å². The maximum absolute atomic E-state index is 10.6. The summed E-state index contributed by atoms with van der Waals surface area (Å²) in [6, 6.07) is 6.36. The molecule has 1 heterocycles. The van der Waals surface area contributed by atoms with Crippen LogP contribution in [0.15, 0.2) is 30.5 Å². The van der Waals surface area contributed by atoms with Gasteiger partial charge in [0, 0.05) is 39.0 Å². The third-order valence-electron chi connectivity index (χ3n) is 3.01. The van der Waals surface area contributed by atoms with Crippen LogP contribution in [0.25, 0.3) is 0 Å². The standard InChI is InChI=1S/C13H17N5O2/c1-16(2)13-15-9-12(17(13)3)8-14-10-4-6-11(7-5-10)18(19)20/h4-7,9,14H,8H2,1-3H3. The number of nitro groups is 1. The lowest BCUT2D eigenvalue weighted by Gasteiger charge is -2.13. The Labute approximate surface area is 117 Å². The highest BCUT2D eigenvalue weighted by Crippen LogP contribution is 2.17. The highest BCUT2D eigenvalue weighted by molar-refractivity contribution is 5.48. The molecule has 7 nitrogen and oxygen atoms in total. The predicted octanol–water partition coefficient (Wildman–Crippen LogP) is 2.01. The second-order valence-corrected chi connectivity index (χ2v) is 4.66. The van der Waals surface area contributed by atoms with Gasteiger partial charge in [-0.15, -0.1) is 0 Å². The summed E-state index contributed by atoms with van der Waals surface area (Å²) in [5, 5.41) is 13.8. The third-order valence-corrected chi connectivity index (χ3v) is 3.01. The largest absolute Gasteiger partial charge is 0.379 e. The van der Waals surface area contributed by atoms with Crippen LogP contribution < -0.4 is 10.2 Å². The number of non-ortho nitro benzene ring substituents is 1. The maximum Gasteiger partial charge on any atom is 0.269 e. The second kappa shape index (κ2) is 5.60. The van der Waals surface area contributed by atoms with Crippen LogP contribution in [0.1, 0.15) is 5.69 Å². The van der Waals surface area contributed by atoms with E-state index in [1.165, 1.54) is 12.1 Å². The number of benzene rings is 1. The number of imidazole rings is 1. The van der Waals surface area contributed by atoms with E-state index in [1.807, 2.05) is 36.8 Å². The van der Waals surface area contributed by atoms with Crippen LogP contribution in [0, 0.1) is 10.1 Å². The van der Waals surface area contributed by atoms with Crippen molar-refractivity contribution in [2.45, 2.75) is 6.54 Å². The van der Waals surface area contributed by atoms with Gasteiger partial charge < -0.3 is 14.8 Å². The number of nitrogens with zero attached hydrogens (tertiary/aromatic N) is 4. The molecule has 1 aromatic heterocycles. The van der Waals surface area contributed by atoms with Gasteiger partial charge in [0.2, 0.25) is 5.95 Å². The van der Waals surface area contributed by atoms with Crippen LogP contribution in [-0.2, 0) is 13.6 Å². The normalized spacial score (nSPS) is 10.3. The van der Waals surface area contributed by atoms with Crippen molar-refractivity contribution in [3.8, 4) is 0 Å². The zero-order valence-corrected chi connectivity index (χ0v) is 11.7. The molecule has 0 saturated carbocycles. The molecule has 0 bridgehead atoms. The SMILES string of the molecule is CN(C)c1ncc(CNc2ccc([N+](=O)[O-])cc2)n1C. The zero-order chi connectivity index (χ0) is 14.7. The number of hydrogen-bond donors (Lipinski definition) is 1. The van der Waals surface area contributed by atoms with Crippen molar-refractivity contribution in [1.82, 2.24) is 9.55 Å². The lowest BCUT2D eigenvalue weighted by Crippen LogP contribution is -2.15. The summed E-state index contributed by atoms with van der Waals surface area (Å²) in [5.74, 6) is 0.880. The number of aromatic nitrogens is 2. The molecule has 2 rings (SSSR count). The Morgan fingerprint density at radius 2 is 2.00 bits per heavy atom. The summed E-state index contributed by atoms with van der Waals surface area (Å²) in [4.78, 5) is 16.4. The Balaban J connectivity index is 2.03. The van der Waals surface area contributed by atoms with Gasteiger partial charge in [0.15, 0.2) is 0 Å². The minimum Gasteiger partial charge on any atom is -0.379 e. The summed E-state index contributed by atoms with van der Waals surface area (Å²) in [5.41, 5.74) is 1.96. The van der Waals surface area contributed by atoms with Crippen LogP contribution in [0.3, 0.4) is 0 Å². The number of hydrogen-bond acceptors (Lipinski definition) is 5. The van der Waals surface area contributed by atoms with Gasteiger partial charge in [-0.3, -0.25) is 10.1 Å². The van der Waals surface area contributed by atoms with E-state index in [0.29, 0.717) is 6.54 Å². The number of anilines is 2. The van der Waals surface area contributed by atoms with E-state index >= 15 is 0 Å². The Hall–Kier alpha value is -2.57. The molecule has 0 amide bonds. The second-order valence-electron chi connectivity index (χ2n) is 4.66. The first-order valence-electron chi connectivity index (χ1n) is 6.15. The molecule has 0 aliphatic rings. The molecule has 0 aliphatic carbocycles. The number of nitro benzene ring substituents is 1. The Kier molecular flexibility index (Phi) is 3.88. The monoisotopic (exact) mass is 275 g/mol. The van der Waals surface area contributed by atoms with E-state index in [4.69, 9.17) is 0 Å². The van der Waals surface area contributed by atoms with Gasteiger partial charge in [-0.25, -0.2) is 4.98 Å². The minimum atomic E-state index is -0.408. The highest BCUT2D eigenvalue weighted by atomic mass is 16.6. The average Bonchev–Trinajstić information content (AvgIpc) is 2.78. The van der Waals surface area contributed by atoms with E-state index in [-0.39, 0.29) is 5.69 Å². The zero-order valence-electron chi connectivity index (χ0n) is 11.7. The van der Waals surface area contributed by atoms with Crippen molar-refractivity contribution < 1.29 is 4.92 Å². The van der Waals surface area contributed by atoms with E-state index < -0.39 is 4.92 Å². The summed E-state index contributed by atoms with van der Waals surface area (Å²) >= 11 is 0. The van der Waals surface area contributed by atoms with Crippen molar-refractivity contribution in [2.24, 2.45) is 7.05 Å². The number of rotatable bonds is 5. The van der Waals surface area contributed by atoms with Crippen molar-refractivity contribution in [3.63, 3.8) is 0 Å². The van der Waals surface area contributed by atoms with Crippen LogP contribution in [-0.4, -0.2) is 28.6 Å². The molecule has 1 aromatic carbocycles. The predicted molar refractivity (Wildman–Crippen MR) is 78.0 cm³/mol.